The Labute approximate surface area is 169 Å². The van der Waals surface area contributed by atoms with Crippen LogP contribution in [0.2, 0.25) is 0 Å². The lowest BCUT2D eigenvalue weighted by Gasteiger charge is -2.14. The normalized spacial score (nSPS) is 11.5. The minimum absolute atomic E-state index is 0.142. The molecule has 0 bridgehead atoms. The van der Waals surface area contributed by atoms with Gasteiger partial charge >= 0.3 is 0 Å². The fourth-order valence-electron chi connectivity index (χ4n) is 2.98. The molecule has 4 nitrogen and oxygen atoms in total. The first kappa shape index (κ1) is 20.3. The summed E-state index contributed by atoms with van der Waals surface area (Å²) >= 11 is 0. The van der Waals surface area contributed by atoms with E-state index in [1.807, 2.05) is 37.3 Å². The lowest BCUT2D eigenvalue weighted by Crippen LogP contribution is -2.28. The predicted molar refractivity (Wildman–Crippen MR) is 111 cm³/mol. The van der Waals surface area contributed by atoms with Crippen LogP contribution in [0.15, 0.2) is 78.9 Å². The van der Waals surface area contributed by atoms with E-state index in [0.29, 0.717) is 24.1 Å². The molecule has 0 saturated carbocycles. The van der Waals surface area contributed by atoms with Crippen molar-refractivity contribution in [2.45, 2.75) is 19.4 Å². The molecular weight excluding hydrogens is 367 g/mol. The lowest BCUT2D eigenvalue weighted by molar-refractivity contribution is 0.0940. The van der Waals surface area contributed by atoms with Crippen LogP contribution in [0.1, 0.15) is 44.8 Å². The number of halogens is 1. The van der Waals surface area contributed by atoms with Crippen LogP contribution in [0.5, 0.6) is 0 Å². The van der Waals surface area contributed by atoms with Crippen molar-refractivity contribution in [1.29, 1.82) is 0 Å². The monoisotopic (exact) mass is 390 g/mol. The third-order valence-electron chi connectivity index (χ3n) is 4.65. The van der Waals surface area contributed by atoms with Crippen LogP contribution >= 0.6 is 0 Å². The molecule has 5 heteroatoms. The van der Waals surface area contributed by atoms with Gasteiger partial charge in [-0.3, -0.25) is 9.59 Å². The highest BCUT2D eigenvalue weighted by Gasteiger charge is 2.13. The average molecular weight is 390 g/mol. The minimum atomic E-state index is -0.283. The largest absolute Gasteiger partial charge is 0.352 e. The summed E-state index contributed by atoms with van der Waals surface area (Å²) in [6, 6.07) is 22.4. The van der Waals surface area contributed by atoms with Crippen molar-refractivity contribution in [3.8, 4) is 0 Å². The van der Waals surface area contributed by atoms with Crippen molar-refractivity contribution in [3.63, 3.8) is 0 Å². The second-order valence-corrected chi connectivity index (χ2v) is 6.82. The van der Waals surface area contributed by atoms with E-state index in [2.05, 4.69) is 10.6 Å². The Morgan fingerprint density at radius 2 is 1.52 bits per heavy atom. The van der Waals surface area contributed by atoms with Crippen molar-refractivity contribution >= 4 is 11.8 Å². The molecule has 3 aromatic rings. The zero-order valence-corrected chi connectivity index (χ0v) is 16.2. The summed E-state index contributed by atoms with van der Waals surface area (Å²) in [7, 11) is 0. The Morgan fingerprint density at radius 3 is 2.21 bits per heavy atom. The summed E-state index contributed by atoms with van der Waals surface area (Å²) in [4.78, 5) is 25.0. The van der Waals surface area contributed by atoms with Crippen molar-refractivity contribution in [2.75, 3.05) is 6.54 Å². The summed E-state index contributed by atoms with van der Waals surface area (Å²) in [5, 5.41) is 5.78. The molecule has 3 rings (SSSR count). The Bertz CT molecular complexity index is 972. The molecular formula is C24H23FN2O2. The van der Waals surface area contributed by atoms with Crippen LogP contribution in [0.25, 0.3) is 0 Å². The molecule has 1 atom stereocenters. The first-order chi connectivity index (χ1) is 14.0. The third-order valence-corrected chi connectivity index (χ3v) is 4.65. The molecule has 0 saturated heterocycles. The molecule has 0 fully saturated rings. The van der Waals surface area contributed by atoms with Gasteiger partial charge in [-0.05, 0) is 54.8 Å². The Kier molecular flexibility index (Phi) is 6.74. The zero-order valence-electron chi connectivity index (χ0n) is 16.2. The van der Waals surface area contributed by atoms with Gasteiger partial charge in [-0.2, -0.15) is 0 Å². The Hall–Kier alpha value is -3.47. The van der Waals surface area contributed by atoms with Gasteiger partial charge in [0, 0.05) is 17.7 Å². The van der Waals surface area contributed by atoms with Crippen molar-refractivity contribution < 1.29 is 14.0 Å². The molecule has 3 aromatic carbocycles. The second-order valence-electron chi connectivity index (χ2n) is 6.82. The van der Waals surface area contributed by atoms with E-state index in [9.17, 15) is 14.0 Å². The van der Waals surface area contributed by atoms with Crippen LogP contribution in [-0.4, -0.2) is 18.4 Å². The number of benzene rings is 3. The van der Waals surface area contributed by atoms with E-state index in [1.54, 1.807) is 36.4 Å². The van der Waals surface area contributed by atoms with Gasteiger partial charge in [0.1, 0.15) is 5.82 Å². The van der Waals surface area contributed by atoms with Gasteiger partial charge in [-0.25, -0.2) is 4.39 Å². The van der Waals surface area contributed by atoms with Gasteiger partial charge in [0.15, 0.2) is 0 Å². The number of hydrogen-bond donors (Lipinski definition) is 2. The predicted octanol–water partition coefficient (Wildman–Crippen LogP) is 4.29. The number of carbonyl (C=O) groups excluding carboxylic acids is 2. The van der Waals surface area contributed by atoms with Gasteiger partial charge < -0.3 is 10.6 Å². The first-order valence-electron chi connectivity index (χ1n) is 9.51. The maximum Gasteiger partial charge on any atom is 0.251 e. The summed E-state index contributed by atoms with van der Waals surface area (Å²) in [6.07, 6.45) is 0.598. The quantitative estimate of drug-likeness (QED) is 0.632. The standard InChI is InChI=1S/C24H23FN2O2/c1-17(19-6-3-2-4-7-19)27-24(29)21-9-5-8-20(16-21)23(28)26-15-14-18-10-12-22(25)13-11-18/h2-13,16-17H,14-15H2,1H3,(H,26,28)(H,27,29). The lowest BCUT2D eigenvalue weighted by atomic mass is 10.1. The number of carbonyl (C=O) groups is 2. The smallest absolute Gasteiger partial charge is 0.251 e. The summed E-state index contributed by atoms with van der Waals surface area (Å²) in [5.41, 5.74) is 2.80. The second kappa shape index (κ2) is 9.64. The van der Waals surface area contributed by atoms with Gasteiger partial charge in [-0.15, -0.1) is 0 Å². The highest BCUT2D eigenvalue weighted by atomic mass is 19.1. The first-order valence-corrected chi connectivity index (χ1v) is 9.51. The highest BCUT2D eigenvalue weighted by Crippen LogP contribution is 2.13. The molecule has 1 unspecified atom stereocenters. The van der Waals surface area contributed by atoms with Crippen molar-refractivity contribution in [2.24, 2.45) is 0 Å². The van der Waals surface area contributed by atoms with E-state index in [0.717, 1.165) is 11.1 Å². The number of hydrogen-bond acceptors (Lipinski definition) is 2. The van der Waals surface area contributed by atoms with Crippen LogP contribution in [0.4, 0.5) is 4.39 Å². The molecule has 0 aliphatic carbocycles. The number of nitrogens with one attached hydrogen (secondary N) is 2. The molecule has 0 aromatic heterocycles. The molecule has 0 heterocycles. The Balaban J connectivity index is 1.57. The van der Waals surface area contributed by atoms with E-state index in [1.165, 1.54) is 12.1 Å². The topological polar surface area (TPSA) is 58.2 Å². The fraction of sp³-hybridized carbons (Fsp3) is 0.167. The van der Waals surface area contributed by atoms with Gasteiger partial charge in [-0.1, -0.05) is 48.5 Å². The summed E-state index contributed by atoms with van der Waals surface area (Å²) in [5.74, 6) is -0.769. The van der Waals surface area contributed by atoms with Crippen LogP contribution in [0, 0.1) is 5.82 Å². The molecule has 0 radical (unpaired) electrons. The number of amides is 2. The molecule has 148 valence electrons. The van der Waals surface area contributed by atoms with Crippen LogP contribution in [0.3, 0.4) is 0 Å². The maximum atomic E-state index is 12.9. The van der Waals surface area contributed by atoms with E-state index in [-0.39, 0.29) is 23.7 Å². The van der Waals surface area contributed by atoms with E-state index in [4.69, 9.17) is 0 Å². The molecule has 0 spiro atoms. The molecule has 2 amide bonds. The molecule has 0 aliphatic rings. The van der Waals surface area contributed by atoms with Crippen molar-refractivity contribution in [1.82, 2.24) is 10.6 Å². The summed E-state index contributed by atoms with van der Waals surface area (Å²) in [6.45, 7) is 2.34. The van der Waals surface area contributed by atoms with Gasteiger partial charge in [0.25, 0.3) is 11.8 Å². The molecule has 0 aliphatic heterocycles. The van der Waals surface area contributed by atoms with E-state index >= 15 is 0 Å². The highest BCUT2D eigenvalue weighted by molar-refractivity contribution is 5.99. The van der Waals surface area contributed by atoms with Crippen LogP contribution in [-0.2, 0) is 6.42 Å². The fourth-order valence-corrected chi connectivity index (χ4v) is 2.98. The zero-order chi connectivity index (χ0) is 20.6. The molecule has 29 heavy (non-hydrogen) atoms. The Morgan fingerprint density at radius 1 is 0.862 bits per heavy atom. The average Bonchev–Trinajstić information content (AvgIpc) is 2.75. The minimum Gasteiger partial charge on any atom is -0.352 e. The van der Waals surface area contributed by atoms with Crippen LogP contribution < -0.4 is 10.6 Å². The maximum absolute atomic E-state index is 12.9. The van der Waals surface area contributed by atoms with E-state index < -0.39 is 0 Å². The SMILES string of the molecule is CC(NC(=O)c1cccc(C(=O)NCCc2ccc(F)cc2)c1)c1ccccc1. The van der Waals surface area contributed by atoms with Gasteiger partial charge in [0.05, 0.1) is 6.04 Å². The third kappa shape index (κ3) is 5.75. The van der Waals surface area contributed by atoms with Crippen molar-refractivity contribution in [3.05, 3.63) is 107 Å². The number of rotatable bonds is 7. The summed E-state index contributed by atoms with van der Waals surface area (Å²) < 4.78 is 12.9. The van der Waals surface area contributed by atoms with Gasteiger partial charge in [0.2, 0.25) is 0 Å². The molecule has 2 N–H and O–H groups in total.